The van der Waals surface area contributed by atoms with Crippen molar-refractivity contribution in [1.29, 1.82) is 0 Å². The SMILES string of the molecule is CCNS(=O)(=O)c1ccccc1NC(=O)c1nc(N)n[nH]1. The van der Waals surface area contributed by atoms with Gasteiger partial charge in [-0.3, -0.25) is 9.89 Å². The molecular formula is C11H14N6O3S. The molecule has 1 heterocycles. The molecule has 0 atom stereocenters. The molecule has 1 aromatic carbocycles. The Morgan fingerprint density at radius 3 is 2.71 bits per heavy atom. The summed E-state index contributed by atoms with van der Waals surface area (Å²) < 4.78 is 26.5. The zero-order chi connectivity index (χ0) is 15.5. The fourth-order valence-electron chi connectivity index (χ4n) is 1.63. The number of carbonyl (C=O) groups is 1. The summed E-state index contributed by atoms with van der Waals surface area (Å²) in [6.07, 6.45) is 0. The van der Waals surface area contributed by atoms with Crippen molar-refractivity contribution in [2.75, 3.05) is 17.6 Å². The van der Waals surface area contributed by atoms with E-state index in [1.807, 2.05) is 0 Å². The van der Waals surface area contributed by atoms with Gasteiger partial charge in [-0.15, -0.1) is 5.10 Å². The fourth-order valence-corrected chi connectivity index (χ4v) is 2.83. The van der Waals surface area contributed by atoms with Crippen LogP contribution in [-0.2, 0) is 10.0 Å². The first-order valence-corrected chi connectivity index (χ1v) is 7.50. The molecule has 0 saturated heterocycles. The largest absolute Gasteiger partial charge is 0.366 e. The molecule has 0 unspecified atom stereocenters. The predicted molar refractivity (Wildman–Crippen MR) is 76.1 cm³/mol. The summed E-state index contributed by atoms with van der Waals surface area (Å²) in [5, 5.41) is 8.33. The molecule has 0 spiro atoms. The van der Waals surface area contributed by atoms with Gasteiger partial charge in [-0.1, -0.05) is 19.1 Å². The number of benzene rings is 1. The fraction of sp³-hybridized carbons (Fsp3) is 0.182. The summed E-state index contributed by atoms with van der Waals surface area (Å²) >= 11 is 0. The van der Waals surface area contributed by atoms with Crippen LogP contribution in [0.1, 0.15) is 17.5 Å². The molecule has 21 heavy (non-hydrogen) atoms. The molecule has 112 valence electrons. The van der Waals surface area contributed by atoms with Gasteiger partial charge in [-0.05, 0) is 12.1 Å². The average molecular weight is 310 g/mol. The molecule has 10 heteroatoms. The number of aromatic amines is 1. The van der Waals surface area contributed by atoms with E-state index in [4.69, 9.17) is 5.73 Å². The summed E-state index contributed by atoms with van der Waals surface area (Å²) in [5.41, 5.74) is 5.45. The number of carbonyl (C=O) groups excluding carboxylic acids is 1. The molecule has 0 aliphatic rings. The van der Waals surface area contributed by atoms with Crippen molar-refractivity contribution < 1.29 is 13.2 Å². The minimum absolute atomic E-state index is 0.0345. The van der Waals surface area contributed by atoms with Crippen molar-refractivity contribution in [3.63, 3.8) is 0 Å². The van der Waals surface area contributed by atoms with E-state index >= 15 is 0 Å². The van der Waals surface area contributed by atoms with E-state index < -0.39 is 15.9 Å². The smallest absolute Gasteiger partial charge is 0.293 e. The Labute approximate surface area is 121 Å². The van der Waals surface area contributed by atoms with Crippen molar-refractivity contribution in [3.8, 4) is 0 Å². The van der Waals surface area contributed by atoms with Crippen molar-refractivity contribution in [1.82, 2.24) is 19.9 Å². The van der Waals surface area contributed by atoms with Crippen LogP contribution in [0.3, 0.4) is 0 Å². The summed E-state index contributed by atoms with van der Waals surface area (Å²) in [4.78, 5) is 15.6. The van der Waals surface area contributed by atoms with Crippen molar-refractivity contribution in [2.24, 2.45) is 0 Å². The lowest BCUT2D eigenvalue weighted by molar-refractivity contribution is 0.101. The molecule has 5 N–H and O–H groups in total. The highest BCUT2D eigenvalue weighted by Crippen LogP contribution is 2.20. The van der Waals surface area contributed by atoms with E-state index in [0.29, 0.717) is 0 Å². The number of sulfonamides is 1. The first-order valence-electron chi connectivity index (χ1n) is 6.02. The monoisotopic (exact) mass is 310 g/mol. The van der Waals surface area contributed by atoms with Crippen LogP contribution in [0.25, 0.3) is 0 Å². The number of nitrogens with two attached hydrogens (primary N) is 1. The van der Waals surface area contributed by atoms with E-state index in [2.05, 4.69) is 25.2 Å². The number of nitrogens with zero attached hydrogens (tertiary/aromatic N) is 2. The highest BCUT2D eigenvalue weighted by atomic mass is 32.2. The molecule has 0 fully saturated rings. The minimum atomic E-state index is -3.70. The number of anilines is 2. The Balaban J connectivity index is 2.31. The van der Waals surface area contributed by atoms with Gasteiger partial charge in [-0.25, -0.2) is 13.1 Å². The third kappa shape index (κ3) is 3.35. The third-order valence-corrected chi connectivity index (χ3v) is 4.08. The molecule has 1 amide bonds. The minimum Gasteiger partial charge on any atom is -0.366 e. The quantitative estimate of drug-likeness (QED) is 0.609. The maximum atomic E-state index is 12.1. The standard InChI is InChI=1S/C11H14N6O3S/c1-2-13-21(19,20)8-6-4-3-5-7(8)14-10(18)9-15-11(12)17-16-9/h3-6,13H,2H2,1H3,(H,14,18)(H3,12,15,16,17). The predicted octanol–water partition coefficient (Wildman–Crippen LogP) is -0.0626. The molecule has 0 aliphatic heterocycles. The summed E-state index contributed by atoms with van der Waals surface area (Å²) in [6, 6.07) is 6.03. The Hall–Kier alpha value is -2.46. The molecule has 1 aromatic heterocycles. The Kier molecular flexibility index (Phi) is 4.19. The first kappa shape index (κ1) is 14.9. The maximum Gasteiger partial charge on any atom is 0.293 e. The number of para-hydroxylation sites is 1. The lowest BCUT2D eigenvalue weighted by Gasteiger charge is -2.10. The second-order valence-corrected chi connectivity index (χ2v) is 5.73. The number of nitrogen functional groups attached to an aromatic ring is 1. The van der Waals surface area contributed by atoms with Gasteiger partial charge < -0.3 is 11.1 Å². The van der Waals surface area contributed by atoms with Crippen LogP contribution in [0, 0.1) is 0 Å². The lowest BCUT2D eigenvalue weighted by Crippen LogP contribution is -2.25. The summed E-state index contributed by atoms with van der Waals surface area (Å²) in [6.45, 7) is 1.90. The van der Waals surface area contributed by atoms with Gasteiger partial charge in [0.1, 0.15) is 4.90 Å². The Bertz CT molecular complexity index is 755. The zero-order valence-corrected chi connectivity index (χ0v) is 11.9. The summed E-state index contributed by atoms with van der Waals surface area (Å²) in [7, 11) is -3.70. The Morgan fingerprint density at radius 1 is 1.38 bits per heavy atom. The van der Waals surface area contributed by atoms with Crippen molar-refractivity contribution in [2.45, 2.75) is 11.8 Å². The van der Waals surface area contributed by atoms with Crippen LogP contribution in [0.2, 0.25) is 0 Å². The van der Waals surface area contributed by atoms with Gasteiger partial charge in [0.05, 0.1) is 5.69 Å². The van der Waals surface area contributed by atoms with E-state index in [1.165, 1.54) is 12.1 Å². The van der Waals surface area contributed by atoms with E-state index in [9.17, 15) is 13.2 Å². The zero-order valence-electron chi connectivity index (χ0n) is 11.1. The lowest BCUT2D eigenvalue weighted by atomic mass is 10.3. The number of rotatable bonds is 5. The van der Waals surface area contributed by atoms with Crippen LogP contribution < -0.4 is 15.8 Å². The molecule has 0 aliphatic carbocycles. The molecule has 9 nitrogen and oxygen atoms in total. The Morgan fingerprint density at radius 2 is 2.10 bits per heavy atom. The van der Waals surface area contributed by atoms with Gasteiger partial charge in [0.25, 0.3) is 5.91 Å². The number of hydrogen-bond donors (Lipinski definition) is 4. The van der Waals surface area contributed by atoms with Crippen LogP contribution in [0.4, 0.5) is 11.6 Å². The van der Waals surface area contributed by atoms with Crippen LogP contribution in [0.15, 0.2) is 29.2 Å². The molecular weight excluding hydrogens is 296 g/mol. The maximum absolute atomic E-state index is 12.1. The molecule has 2 rings (SSSR count). The third-order valence-electron chi connectivity index (χ3n) is 2.48. The number of nitrogens with one attached hydrogen (secondary N) is 3. The van der Waals surface area contributed by atoms with Gasteiger partial charge >= 0.3 is 0 Å². The van der Waals surface area contributed by atoms with Gasteiger partial charge in [0.2, 0.25) is 21.8 Å². The number of hydrogen-bond acceptors (Lipinski definition) is 6. The molecule has 0 radical (unpaired) electrons. The highest BCUT2D eigenvalue weighted by molar-refractivity contribution is 7.89. The average Bonchev–Trinajstić information content (AvgIpc) is 2.86. The number of amides is 1. The van der Waals surface area contributed by atoms with Crippen LogP contribution in [0.5, 0.6) is 0 Å². The molecule has 2 aromatic rings. The van der Waals surface area contributed by atoms with E-state index in [-0.39, 0.29) is 28.9 Å². The van der Waals surface area contributed by atoms with Crippen LogP contribution in [-0.4, -0.2) is 36.1 Å². The molecule has 0 bridgehead atoms. The number of aromatic nitrogens is 3. The normalized spacial score (nSPS) is 11.3. The topological polar surface area (TPSA) is 143 Å². The second-order valence-electron chi connectivity index (χ2n) is 3.99. The second kappa shape index (κ2) is 5.89. The number of H-pyrrole nitrogens is 1. The van der Waals surface area contributed by atoms with Gasteiger partial charge in [0.15, 0.2) is 0 Å². The van der Waals surface area contributed by atoms with Gasteiger partial charge in [0, 0.05) is 6.54 Å². The highest BCUT2D eigenvalue weighted by Gasteiger charge is 2.19. The molecule has 0 saturated carbocycles. The van der Waals surface area contributed by atoms with E-state index in [1.54, 1.807) is 19.1 Å². The van der Waals surface area contributed by atoms with E-state index in [0.717, 1.165) is 0 Å². The van der Waals surface area contributed by atoms with Crippen LogP contribution >= 0.6 is 0 Å². The van der Waals surface area contributed by atoms with Crippen molar-refractivity contribution in [3.05, 3.63) is 30.1 Å². The first-order chi connectivity index (χ1) is 9.94. The van der Waals surface area contributed by atoms with Gasteiger partial charge in [-0.2, -0.15) is 4.98 Å². The van der Waals surface area contributed by atoms with Crippen molar-refractivity contribution >= 4 is 27.6 Å². The summed E-state index contributed by atoms with van der Waals surface area (Å²) in [5.74, 6) is -0.824.